The minimum absolute atomic E-state index is 0.0654. The second-order valence-electron chi connectivity index (χ2n) is 4.11. The molecule has 1 aromatic rings. The van der Waals surface area contributed by atoms with E-state index in [-0.39, 0.29) is 18.0 Å². The normalized spacial score (nSPS) is 24.5. The van der Waals surface area contributed by atoms with E-state index in [1.807, 2.05) is 4.57 Å². The maximum absolute atomic E-state index is 11.7. The number of hydrogen-bond donors (Lipinski definition) is 1. The molecule has 0 spiro atoms. The first-order valence-corrected chi connectivity index (χ1v) is 5.36. The predicted molar refractivity (Wildman–Crippen MR) is 54.4 cm³/mol. The first kappa shape index (κ1) is 9.38. The van der Waals surface area contributed by atoms with Gasteiger partial charge in [0, 0.05) is 19.5 Å². The summed E-state index contributed by atoms with van der Waals surface area (Å²) >= 11 is 0. The van der Waals surface area contributed by atoms with Crippen molar-refractivity contribution in [3.8, 4) is 0 Å². The lowest BCUT2D eigenvalue weighted by Crippen LogP contribution is -2.50. The third-order valence-electron chi connectivity index (χ3n) is 3.19. The Morgan fingerprint density at radius 2 is 2.25 bits per heavy atom. The highest BCUT2D eigenvalue weighted by molar-refractivity contribution is 5.96. The summed E-state index contributed by atoms with van der Waals surface area (Å²) in [6, 6.07) is -0.216. The van der Waals surface area contributed by atoms with Gasteiger partial charge in [0.1, 0.15) is 0 Å². The summed E-state index contributed by atoms with van der Waals surface area (Å²) in [6.45, 7) is 1.39. The van der Waals surface area contributed by atoms with Gasteiger partial charge in [-0.3, -0.25) is 10.1 Å². The van der Waals surface area contributed by atoms with E-state index in [0.29, 0.717) is 13.0 Å². The minimum Gasteiger partial charge on any atom is -0.333 e. The van der Waals surface area contributed by atoms with Gasteiger partial charge in [0.15, 0.2) is 0 Å². The van der Waals surface area contributed by atoms with E-state index in [2.05, 4.69) is 10.3 Å². The molecule has 3 heterocycles. The molecule has 0 radical (unpaired) electrons. The smallest absolute Gasteiger partial charge is 0.324 e. The van der Waals surface area contributed by atoms with Gasteiger partial charge >= 0.3 is 6.03 Å². The number of fused-ring (bicyclic) bond motifs is 1. The molecular weight excluding hydrogens is 208 g/mol. The number of carbonyl (C=O) groups is 2. The molecule has 0 aromatic carbocycles. The van der Waals surface area contributed by atoms with E-state index >= 15 is 0 Å². The van der Waals surface area contributed by atoms with Gasteiger partial charge < -0.3 is 9.47 Å². The van der Waals surface area contributed by atoms with Crippen LogP contribution < -0.4 is 5.32 Å². The third-order valence-corrected chi connectivity index (χ3v) is 3.19. The molecule has 16 heavy (non-hydrogen) atoms. The number of imide groups is 1. The van der Waals surface area contributed by atoms with E-state index in [4.69, 9.17) is 0 Å². The summed E-state index contributed by atoms with van der Waals surface area (Å²) < 4.78 is 2.05. The maximum atomic E-state index is 11.7. The standard InChI is InChI=1S/C10H12N4O2/c15-9-2-4-14(10(16)12-9)7-1-3-13-6-11-5-8(7)13/h5-7H,1-4H2,(H,12,15,16). The van der Waals surface area contributed by atoms with Crippen LogP contribution in [0.15, 0.2) is 12.5 Å². The lowest BCUT2D eigenvalue weighted by atomic mass is 10.1. The van der Waals surface area contributed by atoms with Crippen LogP contribution in [0.1, 0.15) is 24.6 Å². The van der Waals surface area contributed by atoms with Crippen LogP contribution in [0.2, 0.25) is 0 Å². The number of aromatic nitrogens is 2. The van der Waals surface area contributed by atoms with Crippen molar-refractivity contribution < 1.29 is 9.59 Å². The van der Waals surface area contributed by atoms with E-state index in [0.717, 1.165) is 18.7 Å². The van der Waals surface area contributed by atoms with Crippen LogP contribution in [-0.4, -0.2) is 32.9 Å². The fourth-order valence-electron chi connectivity index (χ4n) is 2.39. The second kappa shape index (κ2) is 3.33. The molecule has 1 aromatic heterocycles. The van der Waals surface area contributed by atoms with E-state index in [1.54, 1.807) is 17.4 Å². The molecule has 1 unspecified atom stereocenters. The SMILES string of the molecule is O=C1CCN(C2CCn3cncc32)C(=O)N1. The van der Waals surface area contributed by atoms with Crippen molar-refractivity contribution in [2.45, 2.75) is 25.4 Å². The zero-order valence-corrected chi connectivity index (χ0v) is 8.72. The van der Waals surface area contributed by atoms with Crippen LogP contribution in [-0.2, 0) is 11.3 Å². The molecule has 0 saturated carbocycles. The zero-order chi connectivity index (χ0) is 11.1. The number of rotatable bonds is 1. The number of amides is 3. The average Bonchev–Trinajstić information content (AvgIpc) is 2.80. The Kier molecular flexibility index (Phi) is 1.95. The summed E-state index contributed by atoms with van der Waals surface area (Å²) in [5, 5.41) is 2.35. The van der Waals surface area contributed by atoms with Gasteiger partial charge in [0.25, 0.3) is 0 Å². The number of nitrogens with one attached hydrogen (secondary N) is 1. The molecule has 0 aliphatic carbocycles. The highest BCUT2D eigenvalue weighted by Gasteiger charge is 2.34. The van der Waals surface area contributed by atoms with Crippen molar-refractivity contribution in [3.05, 3.63) is 18.2 Å². The molecule has 1 atom stereocenters. The second-order valence-corrected chi connectivity index (χ2v) is 4.11. The monoisotopic (exact) mass is 220 g/mol. The number of urea groups is 1. The zero-order valence-electron chi connectivity index (χ0n) is 8.72. The predicted octanol–water partition coefficient (Wildman–Crippen LogP) is 0.270. The molecule has 6 nitrogen and oxygen atoms in total. The van der Waals surface area contributed by atoms with Gasteiger partial charge in [0.2, 0.25) is 5.91 Å². The molecule has 1 saturated heterocycles. The summed E-state index contributed by atoms with van der Waals surface area (Å²) in [5.41, 5.74) is 1.06. The fourth-order valence-corrected chi connectivity index (χ4v) is 2.39. The highest BCUT2D eigenvalue weighted by atomic mass is 16.2. The quantitative estimate of drug-likeness (QED) is 0.738. The number of aryl methyl sites for hydroxylation is 1. The first-order valence-electron chi connectivity index (χ1n) is 5.36. The van der Waals surface area contributed by atoms with Gasteiger partial charge in [-0.05, 0) is 6.42 Å². The van der Waals surface area contributed by atoms with Crippen molar-refractivity contribution in [1.29, 1.82) is 0 Å². The van der Waals surface area contributed by atoms with Crippen LogP contribution in [0.4, 0.5) is 4.79 Å². The van der Waals surface area contributed by atoms with E-state index < -0.39 is 0 Å². The summed E-state index contributed by atoms with van der Waals surface area (Å²) in [6.07, 6.45) is 4.86. The number of hydrogen-bond acceptors (Lipinski definition) is 3. The van der Waals surface area contributed by atoms with E-state index in [9.17, 15) is 9.59 Å². The highest BCUT2D eigenvalue weighted by Crippen LogP contribution is 2.31. The Morgan fingerprint density at radius 1 is 1.38 bits per heavy atom. The molecule has 1 fully saturated rings. The molecule has 3 amide bonds. The number of imidazole rings is 1. The van der Waals surface area contributed by atoms with Crippen molar-refractivity contribution in [1.82, 2.24) is 19.8 Å². The van der Waals surface area contributed by atoms with Crippen molar-refractivity contribution in [3.63, 3.8) is 0 Å². The Hall–Kier alpha value is -1.85. The molecule has 2 aliphatic heterocycles. The van der Waals surface area contributed by atoms with Gasteiger partial charge in [-0.15, -0.1) is 0 Å². The van der Waals surface area contributed by atoms with Gasteiger partial charge in [-0.2, -0.15) is 0 Å². The fraction of sp³-hybridized carbons (Fsp3) is 0.500. The first-order chi connectivity index (χ1) is 7.75. The van der Waals surface area contributed by atoms with Crippen LogP contribution in [0.25, 0.3) is 0 Å². The molecule has 3 rings (SSSR count). The van der Waals surface area contributed by atoms with Crippen molar-refractivity contribution in [2.75, 3.05) is 6.54 Å². The van der Waals surface area contributed by atoms with Gasteiger partial charge in [0.05, 0.1) is 24.3 Å². The minimum atomic E-state index is -0.282. The molecule has 0 bridgehead atoms. The number of carbonyl (C=O) groups excluding carboxylic acids is 2. The Labute approximate surface area is 92.2 Å². The Balaban J connectivity index is 1.84. The van der Waals surface area contributed by atoms with Crippen LogP contribution >= 0.6 is 0 Å². The third kappa shape index (κ3) is 1.30. The van der Waals surface area contributed by atoms with Crippen molar-refractivity contribution >= 4 is 11.9 Å². The Bertz CT molecular complexity index is 453. The van der Waals surface area contributed by atoms with Gasteiger partial charge in [-0.1, -0.05) is 0 Å². The largest absolute Gasteiger partial charge is 0.333 e. The van der Waals surface area contributed by atoms with Crippen LogP contribution in [0, 0.1) is 0 Å². The molecule has 84 valence electrons. The lowest BCUT2D eigenvalue weighted by Gasteiger charge is -2.31. The topological polar surface area (TPSA) is 67.2 Å². The number of nitrogens with zero attached hydrogens (tertiary/aromatic N) is 3. The molecular formula is C10H12N4O2. The summed E-state index contributed by atoms with van der Waals surface area (Å²) in [7, 11) is 0. The molecule has 6 heteroatoms. The maximum Gasteiger partial charge on any atom is 0.324 e. The Morgan fingerprint density at radius 3 is 3.06 bits per heavy atom. The summed E-state index contributed by atoms with van der Waals surface area (Å²) in [4.78, 5) is 28.5. The van der Waals surface area contributed by atoms with Crippen LogP contribution in [0.3, 0.4) is 0 Å². The summed E-state index contributed by atoms with van der Waals surface area (Å²) in [5.74, 6) is -0.187. The molecule has 1 N–H and O–H groups in total. The van der Waals surface area contributed by atoms with E-state index in [1.165, 1.54) is 0 Å². The van der Waals surface area contributed by atoms with Gasteiger partial charge in [-0.25, -0.2) is 9.78 Å². The van der Waals surface area contributed by atoms with Crippen molar-refractivity contribution in [2.24, 2.45) is 0 Å². The molecule has 2 aliphatic rings. The average molecular weight is 220 g/mol. The van der Waals surface area contributed by atoms with Crippen LogP contribution in [0.5, 0.6) is 0 Å². The lowest BCUT2D eigenvalue weighted by molar-refractivity contribution is -0.121.